The van der Waals surface area contributed by atoms with Crippen molar-refractivity contribution in [1.82, 2.24) is 4.90 Å². The van der Waals surface area contributed by atoms with Crippen LogP contribution >= 0.6 is 0 Å². The van der Waals surface area contributed by atoms with Gasteiger partial charge in [-0.1, -0.05) is 37.0 Å². The summed E-state index contributed by atoms with van der Waals surface area (Å²) in [5.41, 5.74) is 0.897. The maximum absolute atomic E-state index is 12.9. The Morgan fingerprint density at radius 3 is 2.33 bits per heavy atom. The fourth-order valence-electron chi connectivity index (χ4n) is 4.56. The predicted octanol–water partition coefficient (Wildman–Crippen LogP) is 5.38. The SMILES string of the molecule is C=C/C=C(\C=C/C)C1N(C2CC=C(B3OC(C)(C)C(C)(C)O3)CC2)C(=O)OC1(C)C. The zero-order valence-electron chi connectivity index (χ0n) is 19.5. The molecule has 3 rings (SSSR count). The molecule has 0 spiro atoms. The van der Waals surface area contributed by atoms with E-state index in [0.29, 0.717) is 0 Å². The number of carbonyl (C=O) groups excluding carboxylic acids is 1. The summed E-state index contributed by atoms with van der Waals surface area (Å²) in [5.74, 6) is 0. The Balaban J connectivity index is 1.82. The van der Waals surface area contributed by atoms with Crippen LogP contribution in [-0.4, -0.2) is 47.0 Å². The topological polar surface area (TPSA) is 48.0 Å². The van der Waals surface area contributed by atoms with E-state index in [9.17, 15) is 4.79 Å². The quantitative estimate of drug-likeness (QED) is 0.448. The molecule has 164 valence electrons. The molecule has 1 aliphatic carbocycles. The number of ether oxygens (including phenoxy) is 1. The third kappa shape index (κ3) is 4.04. The molecule has 3 aliphatic rings. The number of carbonyl (C=O) groups is 1. The molecule has 0 bridgehead atoms. The lowest BCUT2D eigenvalue weighted by Crippen LogP contribution is -2.48. The molecule has 2 fully saturated rings. The standard InChI is InChI=1S/C24H36BNO4/c1-9-11-17(12-10-2)20-22(3,4)28-21(27)26(20)19-15-13-18(14-16-19)25-29-23(5,6)24(7,8)30-25/h9-13,19-20H,1,14-16H2,2-8H3/b12-10-,17-11+. The van der Waals surface area contributed by atoms with Crippen molar-refractivity contribution in [2.24, 2.45) is 0 Å². The molecular formula is C24H36BNO4. The van der Waals surface area contributed by atoms with E-state index in [2.05, 4.69) is 40.3 Å². The highest BCUT2D eigenvalue weighted by Gasteiger charge is 2.54. The molecule has 2 aliphatic heterocycles. The molecule has 0 saturated carbocycles. The monoisotopic (exact) mass is 413 g/mol. The second kappa shape index (κ2) is 8.05. The fraction of sp³-hybridized carbons (Fsp3) is 0.625. The van der Waals surface area contributed by atoms with Crippen LogP contribution in [0.5, 0.6) is 0 Å². The van der Waals surface area contributed by atoms with Crippen molar-refractivity contribution in [2.45, 2.75) is 96.6 Å². The fourth-order valence-corrected chi connectivity index (χ4v) is 4.56. The van der Waals surface area contributed by atoms with E-state index in [1.165, 1.54) is 5.47 Å². The predicted molar refractivity (Wildman–Crippen MR) is 121 cm³/mol. The van der Waals surface area contributed by atoms with Gasteiger partial charge in [0, 0.05) is 6.04 Å². The van der Waals surface area contributed by atoms with Crippen molar-refractivity contribution in [3.05, 3.63) is 48.0 Å². The number of amides is 1. The van der Waals surface area contributed by atoms with Crippen LogP contribution in [0.1, 0.15) is 67.7 Å². The van der Waals surface area contributed by atoms with Gasteiger partial charge in [0.25, 0.3) is 0 Å². The molecule has 0 radical (unpaired) electrons. The molecule has 1 amide bonds. The van der Waals surface area contributed by atoms with Crippen LogP contribution in [0.3, 0.4) is 0 Å². The Morgan fingerprint density at radius 1 is 1.20 bits per heavy atom. The van der Waals surface area contributed by atoms with Gasteiger partial charge >= 0.3 is 13.2 Å². The molecule has 2 heterocycles. The molecule has 30 heavy (non-hydrogen) atoms. The third-order valence-electron chi connectivity index (χ3n) is 6.85. The molecule has 6 heteroatoms. The zero-order chi connectivity index (χ0) is 22.3. The van der Waals surface area contributed by atoms with E-state index in [1.807, 2.05) is 43.9 Å². The molecule has 2 saturated heterocycles. The van der Waals surface area contributed by atoms with Crippen LogP contribution in [-0.2, 0) is 14.0 Å². The second-order valence-corrected chi connectivity index (χ2v) is 9.98. The van der Waals surface area contributed by atoms with E-state index >= 15 is 0 Å². The summed E-state index contributed by atoms with van der Waals surface area (Å²) in [6.45, 7) is 18.1. The lowest BCUT2D eigenvalue weighted by molar-refractivity contribution is 0.00578. The van der Waals surface area contributed by atoms with Crippen LogP contribution in [0.2, 0.25) is 0 Å². The first-order chi connectivity index (χ1) is 13.9. The van der Waals surface area contributed by atoms with Crippen LogP contribution in [0, 0.1) is 0 Å². The van der Waals surface area contributed by atoms with Crippen molar-refractivity contribution in [3.63, 3.8) is 0 Å². The van der Waals surface area contributed by atoms with Gasteiger partial charge in [0.1, 0.15) is 5.60 Å². The average Bonchev–Trinajstić information content (AvgIpc) is 3.01. The van der Waals surface area contributed by atoms with Crippen molar-refractivity contribution in [2.75, 3.05) is 0 Å². The molecule has 0 aromatic heterocycles. The lowest BCUT2D eigenvalue weighted by Gasteiger charge is -2.36. The number of hydrogen-bond donors (Lipinski definition) is 0. The molecule has 0 N–H and O–H groups in total. The Labute approximate surface area is 182 Å². The molecule has 0 aromatic rings. The highest BCUT2D eigenvalue weighted by Crippen LogP contribution is 2.42. The summed E-state index contributed by atoms with van der Waals surface area (Å²) in [5, 5.41) is 0. The van der Waals surface area contributed by atoms with Crippen LogP contribution in [0.4, 0.5) is 4.79 Å². The van der Waals surface area contributed by atoms with Crippen molar-refractivity contribution in [3.8, 4) is 0 Å². The van der Waals surface area contributed by atoms with Crippen LogP contribution < -0.4 is 0 Å². The number of rotatable bonds is 5. The Bertz CT molecular complexity index is 777. The van der Waals surface area contributed by atoms with Gasteiger partial charge in [-0.15, -0.1) is 0 Å². The number of nitrogens with zero attached hydrogens (tertiary/aromatic N) is 1. The summed E-state index contributed by atoms with van der Waals surface area (Å²) in [7, 11) is -0.312. The minimum absolute atomic E-state index is 0.0777. The smallest absolute Gasteiger partial charge is 0.441 e. The molecule has 5 nitrogen and oxygen atoms in total. The summed E-state index contributed by atoms with van der Waals surface area (Å²) >= 11 is 0. The largest absolute Gasteiger partial charge is 0.490 e. The second-order valence-electron chi connectivity index (χ2n) is 9.98. The van der Waals surface area contributed by atoms with Crippen LogP contribution in [0.25, 0.3) is 0 Å². The summed E-state index contributed by atoms with van der Waals surface area (Å²) in [4.78, 5) is 14.8. The molecular weight excluding hydrogens is 377 g/mol. The number of hydrogen-bond acceptors (Lipinski definition) is 4. The number of cyclic esters (lactones) is 1. The highest BCUT2D eigenvalue weighted by molar-refractivity contribution is 6.54. The van der Waals surface area contributed by atoms with E-state index in [4.69, 9.17) is 14.0 Å². The van der Waals surface area contributed by atoms with Gasteiger partial charge in [-0.25, -0.2) is 4.79 Å². The Kier molecular flexibility index (Phi) is 6.14. The maximum Gasteiger partial charge on any atom is 0.490 e. The van der Waals surface area contributed by atoms with Crippen molar-refractivity contribution >= 4 is 13.2 Å². The highest BCUT2D eigenvalue weighted by atomic mass is 16.7. The van der Waals surface area contributed by atoms with E-state index in [1.54, 1.807) is 6.08 Å². The van der Waals surface area contributed by atoms with Gasteiger partial charge in [-0.2, -0.15) is 0 Å². The zero-order valence-corrected chi connectivity index (χ0v) is 19.5. The lowest BCUT2D eigenvalue weighted by atomic mass is 9.71. The van der Waals surface area contributed by atoms with E-state index in [-0.39, 0.29) is 36.5 Å². The summed E-state index contributed by atoms with van der Waals surface area (Å²) < 4.78 is 18.2. The first-order valence-corrected chi connectivity index (χ1v) is 10.9. The van der Waals surface area contributed by atoms with Crippen molar-refractivity contribution in [1.29, 1.82) is 0 Å². The van der Waals surface area contributed by atoms with Gasteiger partial charge < -0.3 is 14.0 Å². The average molecular weight is 413 g/mol. The third-order valence-corrected chi connectivity index (χ3v) is 6.85. The van der Waals surface area contributed by atoms with Crippen molar-refractivity contribution < 1.29 is 18.8 Å². The first-order valence-electron chi connectivity index (χ1n) is 10.9. The Hall–Kier alpha value is -1.79. The van der Waals surface area contributed by atoms with Gasteiger partial charge in [-0.05, 0) is 78.8 Å². The van der Waals surface area contributed by atoms with Gasteiger partial charge in [0.05, 0.1) is 17.2 Å². The summed E-state index contributed by atoms with van der Waals surface area (Å²) in [6, 6.07) is -0.0788. The molecule has 2 atom stereocenters. The first kappa shape index (κ1) is 22.9. The maximum atomic E-state index is 12.9. The van der Waals surface area contributed by atoms with E-state index < -0.39 is 5.60 Å². The number of allylic oxidation sites excluding steroid dienone is 4. The normalized spacial score (nSPS) is 30.6. The molecule has 0 aromatic carbocycles. The van der Waals surface area contributed by atoms with Gasteiger partial charge in [-0.3, -0.25) is 4.90 Å². The van der Waals surface area contributed by atoms with E-state index in [0.717, 1.165) is 24.8 Å². The van der Waals surface area contributed by atoms with Gasteiger partial charge in [0.2, 0.25) is 0 Å². The molecule has 2 unspecified atom stereocenters. The minimum Gasteiger partial charge on any atom is -0.441 e. The summed E-state index contributed by atoms with van der Waals surface area (Å²) in [6.07, 6.45) is 12.2. The Morgan fingerprint density at radius 2 is 1.83 bits per heavy atom. The minimum atomic E-state index is -0.610. The van der Waals surface area contributed by atoms with Gasteiger partial charge in [0.15, 0.2) is 0 Å². The van der Waals surface area contributed by atoms with Crippen LogP contribution in [0.15, 0.2) is 48.0 Å².